The van der Waals surface area contributed by atoms with Crippen molar-refractivity contribution in [3.8, 4) is 0 Å². The summed E-state index contributed by atoms with van der Waals surface area (Å²) >= 11 is 0. The first-order chi connectivity index (χ1) is 16.8. The van der Waals surface area contributed by atoms with Crippen LogP contribution in [0.2, 0.25) is 0 Å². The van der Waals surface area contributed by atoms with E-state index in [1.807, 2.05) is 48.5 Å². The third-order valence-corrected chi connectivity index (χ3v) is 7.12. The molecule has 0 bridgehead atoms. The summed E-state index contributed by atoms with van der Waals surface area (Å²) < 4.78 is 40.4. The number of carbonyl (C=O) groups excluding carboxylic acids is 1. The largest absolute Gasteiger partial charge is 0.416 e. The number of piperazine rings is 1. The molecule has 7 heteroatoms. The zero-order chi connectivity index (χ0) is 24.6. The highest BCUT2D eigenvalue weighted by Gasteiger charge is 2.43. The second-order valence-electron chi connectivity index (χ2n) is 9.37. The van der Waals surface area contributed by atoms with Gasteiger partial charge in [0, 0.05) is 44.6 Å². The quantitative estimate of drug-likeness (QED) is 0.513. The minimum absolute atomic E-state index is 0.0400. The molecule has 0 unspecified atom stereocenters. The number of rotatable bonds is 4. The van der Waals surface area contributed by atoms with Crippen molar-refractivity contribution in [1.29, 1.82) is 0 Å². The van der Waals surface area contributed by atoms with Gasteiger partial charge in [-0.1, -0.05) is 48.5 Å². The van der Waals surface area contributed by atoms with Gasteiger partial charge in [-0.15, -0.1) is 0 Å². The van der Waals surface area contributed by atoms with Crippen molar-refractivity contribution in [2.45, 2.75) is 25.2 Å². The molecular formula is C28H28F3N3O. The maximum absolute atomic E-state index is 13.8. The van der Waals surface area contributed by atoms with Crippen molar-refractivity contribution in [1.82, 2.24) is 4.90 Å². The monoisotopic (exact) mass is 479 g/mol. The Morgan fingerprint density at radius 3 is 2.34 bits per heavy atom. The average Bonchev–Trinajstić information content (AvgIpc) is 2.87. The Hall–Kier alpha value is -3.48. The van der Waals surface area contributed by atoms with Crippen molar-refractivity contribution < 1.29 is 18.0 Å². The van der Waals surface area contributed by atoms with E-state index in [1.165, 1.54) is 6.07 Å². The summed E-state index contributed by atoms with van der Waals surface area (Å²) in [5.41, 5.74) is 2.85. The summed E-state index contributed by atoms with van der Waals surface area (Å²) in [5.74, 6) is -0.479. The molecule has 1 fully saturated rings. The van der Waals surface area contributed by atoms with E-state index in [4.69, 9.17) is 0 Å². The zero-order valence-electron chi connectivity index (χ0n) is 19.6. The Kier molecular flexibility index (Phi) is 6.17. The van der Waals surface area contributed by atoms with Gasteiger partial charge < -0.3 is 14.7 Å². The van der Waals surface area contributed by atoms with Crippen LogP contribution in [0.1, 0.15) is 16.7 Å². The second kappa shape index (κ2) is 9.29. The van der Waals surface area contributed by atoms with Crippen LogP contribution in [-0.2, 0) is 23.9 Å². The molecule has 1 amide bonds. The molecular weight excluding hydrogens is 451 g/mol. The van der Waals surface area contributed by atoms with Gasteiger partial charge in [0.15, 0.2) is 0 Å². The van der Waals surface area contributed by atoms with E-state index in [0.717, 1.165) is 29.5 Å². The van der Waals surface area contributed by atoms with Crippen molar-refractivity contribution in [2.24, 2.45) is 5.92 Å². The Balaban J connectivity index is 1.47. The maximum atomic E-state index is 13.8. The molecule has 0 aromatic heterocycles. The Morgan fingerprint density at radius 1 is 0.971 bits per heavy atom. The molecule has 2 heterocycles. The molecule has 0 spiro atoms. The highest BCUT2D eigenvalue weighted by atomic mass is 19.4. The number of nitrogens with zero attached hydrogens (tertiary/aromatic N) is 3. The predicted molar refractivity (Wildman–Crippen MR) is 131 cm³/mol. The minimum atomic E-state index is -4.42. The van der Waals surface area contributed by atoms with Crippen molar-refractivity contribution in [3.05, 3.63) is 95.6 Å². The summed E-state index contributed by atoms with van der Waals surface area (Å²) in [6.45, 7) is 2.48. The topological polar surface area (TPSA) is 26.8 Å². The lowest BCUT2D eigenvalue weighted by Gasteiger charge is -2.50. The second-order valence-corrected chi connectivity index (χ2v) is 9.37. The molecule has 2 aliphatic rings. The molecule has 3 aromatic rings. The lowest BCUT2D eigenvalue weighted by molar-refractivity contribution is -0.137. The lowest BCUT2D eigenvalue weighted by Crippen LogP contribution is -2.61. The number of carbonyl (C=O) groups is 1. The van der Waals surface area contributed by atoms with E-state index in [1.54, 1.807) is 18.0 Å². The maximum Gasteiger partial charge on any atom is 0.416 e. The first-order valence-corrected chi connectivity index (χ1v) is 11.9. The van der Waals surface area contributed by atoms with Crippen molar-refractivity contribution in [2.75, 3.05) is 36.5 Å². The van der Waals surface area contributed by atoms with E-state index < -0.39 is 17.7 Å². The fourth-order valence-electron chi connectivity index (χ4n) is 5.38. The molecule has 5 rings (SSSR count). The van der Waals surface area contributed by atoms with Crippen LogP contribution in [0, 0.1) is 5.92 Å². The van der Waals surface area contributed by atoms with Crippen LogP contribution in [0.15, 0.2) is 78.9 Å². The average molecular weight is 480 g/mol. The molecule has 0 radical (unpaired) electrons. The smallest absolute Gasteiger partial charge is 0.368 e. The van der Waals surface area contributed by atoms with E-state index in [2.05, 4.69) is 21.9 Å². The molecule has 35 heavy (non-hydrogen) atoms. The number of hydrogen-bond acceptors (Lipinski definition) is 3. The fraction of sp³-hybridized carbons (Fsp3) is 0.321. The van der Waals surface area contributed by atoms with E-state index >= 15 is 0 Å². The van der Waals surface area contributed by atoms with Crippen LogP contribution in [0.3, 0.4) is 0 Å². The number of alkyl halides is 3. The van der Waals surface area contributed by atoms with E-state index in [9.17, 15) is 18.0 Å². The standard InChI is InChI=1S/C28H28F3N3O/c1-32(18-20-8-4-2-5-9-20)27(35)24-17-21-16-22(28(29,30)31)12-13-25(21)34-15-14-33(19-26(24)34)23-10-6-3-7-11-23/h2-13,16,24,26H,14-15,17-19H2,1H3/t24-,26+/m1/s1. The summed E-state index contributed by atoms with van der Waals surface area (Å²) in [7, 11) is 1.78. The molecule has 0 saturated carbocycles. The molecule has 1 saturated heterocycles. The number of fused-ring (bicyclic) bond motifs is 3. The Morgan fingerprint density at radius 2 is 1.66 bits per heavy atom. The van der Waals surface area contributed by atoms with Crippen LogP contribution >= 0.6 is 0 Å². The van der Waals surface area contributed by atoms with Gasteiger partial charge in [0.1, 0.15) is 0 Å². The number of anilines is 2. The summed E-state index contributed by atoms with van der Waals surface area (Å²) in [6, 6.07) is 23.7. The third-order valence-electron chi connectivity index (χ3n) is 7.12. The van der Waals surface area contributed by atoms with Crippen LogP contribution in [-0.4, -0.2) is 43.5 Å². The minimum Gasteiger partial charge on any atom is -0.368 e. The van der Waals surface area contributed by atoms with Crippen LogP contribution in [0.4, 0.5) is 24.5 Å². The van der Waals surface area contributed by atoms with Gasteiger partial charge in [-0.25, -0.2) is 0 Å². The number of amides is 1. The van der Waals surface area contributed by atoms with Gasteiger partial charge >= 0.3 is 6.18 Å². The van der Waals surface area contributed by atoms with Crippen molar-refractivity contribution in [3.63, 3.8) is 0 Å². The molecule has 2 aliphatic heterocycles. The summed E-state index contributed by atoms with van der Waals surface area (Å²) in [5, 5.41) is 0. The molecule has 3 aromatic carbocycles. The van der Waals surface area contributed by atoms with Gasteiger partial charge in [-0.3, -0.25) is 4.79 Å². The zero-order valence-corrected chi connectivity index (χ0v) is 19.6. The van der Waals surface area contributed by atoms with E-state index in [-0.39, 0.29) is 11.9 Å². The van der Waals surface area contributed by atoms with E-state index in [0.29, 0.717) is 31.6 Å². The Bertz CT molecular complexity index is 1180. The first-order valence-electron chi connectivity index (χ1n) is 11.9. The number of halogens is 3. The normalized spacial score (nSPS) is 19.7. The van der Waals surface area contributed by atoms with Gasteiger partial charge in [0.25, 0.3) is 0 Å². The highest BCUT2D eigenvalue weighted by molar-refractivity contribution is 5.82. The molecule has 0 N–H and O–H groups in total. The number of para-hydroxylation sites is 1. The predicted octanol–water partition coefficient (Wildman–Crippen LogP) is 5.23. The number of hydrogen-bond donors (Lipinski definition) is 0. The van der Waals surface area contributed by atoms with Crippen LogP contribution in [0.5, 0.6) is 0 Å². The van der Waals surface area contributed by atoms with Gasteiger partial charge in [0.2, 0.25) is 5.91 Å². The van der Waals surface area contributed by atoms with Crippen LogP contribution in [0.25, 0.3) is 0 Å². The third kappa shape index (κ3) is 4.72. The lowest BCUT2D eigenvalue weighted by atomic mass is 9.82. The molecule has 4 nitrogen and oxygen atoms in total. The molecule has 182 valence electrons. The first kappa shape index (κ1) is 23.3. The SMILES string of the molecule is CN(Cc1ccccc1)C(=O)[C@@H]1Cc2cc(C(F)(F)F)ccc2N2CCN(c3ccccc3)C[C@@H]12. The van der Waals surface area contributed by atoms with Gasteiger partial charge in [-0.2, -0.15) is 13.2 Å². The van der Waals surface area contributed by atoms with Crippen LogP contribution < -0.4 is 9.80 Å². The molecule has 2 atom stereocenters. The van der Waals surface area contributed by atoms with Gasteiger partial charge in [-0.05, 0) is 47.9 Å². The summed E-state index contributed by atoms with van der Waals surface area (Å²) in [4.78, 5) is 19.9. The van der Waals surface area contributed by atoms with Crippen molar-refractivity contribution >= 4 is 17.3 Å². The fourth-order valence-corrected chi connectivity index (χ4v) is 5.38. The highest BCUT2D eigenvalue weighted by Crippen LogP contribution is 2.40. The van der Waals surface area contributed by atoms with Gasteiger partial charge in [0.05, 0.1) is 17.5 Å². The number of benzene rings is 3. The molecule has 0 aliphatic carbocycles. The summed E-state index contributed by atoms with van der Waals surface area (Å²) in [6.07, 6.45) is -4.12. The Labute approximate surface area is 203 Å².